The van der Waals surface area contributed by atoms with Crippen molar-refractivity contribution in [1.82, 2.24) is 10.2 Å². The van der Waals surface area contributed by atoms with Gasteiger partial charge in [0, 0.05) is 12.6 Å². The number of nitrogens with zero attached hydrogens (tertiary/aromatic N) is 1. The molecule has 1 atom stereocenters. The van der Waals surface area contributed by atoms with Crippen molar-refractivity contribution in [3.05, 3.63) is 0 Å². The van der Waals surface area contributed by atoms with E-state index >= 15 is 0 Å². The molecule has 0 aromatic heterocycles. The van der Waals surface area contributed by atoms with Crippen molar-refractivity contribution in [2.75, 3.05) is 26.2 Å². The number of halogens is 2. The summed E-state index contributed by atoms with van der Waals surface area (Å²) < 4.78 is 26.8. The quantitative estimate of drug-likeness (QED) is 0.671. The number of hydrogen-bond donors (Lipinski definition) is 2. The van der Waals surface area contributed by atoms with Gasteiger partial charge in [0.25, 0.3) is 5.92 Å². The van der Waals surface area contributed by atoms with Crippen molar-refractivity contribution in [1.29, 1.82) is 0 Å². The van der Waals surface area contributed by atoms with Gasteiger partial charge in [0.2, 0.25) is 0 Å². The second-order valence-corrected chi connectivity index (χ2v) is 4.61. The maximum Gasteiger partial charge on any atom is 0.275 e. The lowest BCUT2D eigenvalue weighted by molar-refractivity contribution is -0.0921. The van der Waals surface area contributed by atoms with Crippen LogP contribution < -0.4 is 11.1 Å². The van der Waals surface area contributed by atoms with Crippen LogP contribution in [-0.4, -0.2) is 49.1 Å². The predicted octanol–water partition coefficient (Wildman–Crippen LogP) is 0.407. The van der Waals surface area contributed by atoms with E-state index in [4.69, 9.17) is 5.73 Å². The highest BCUT2D eigenvalue weighted by Crippen LogP contribution is 2.28. The molecular weight excluding hydrogens is 200 g/mol. The van der Waals surface area contributed by atoms with Crippen molar-refractivity contribution in [2.45, 2.75) is 37.3 Å². The maximum absolute atomic E-state index is 13.4. The van der Waals surface area contributed by atoms with Gasteiger partial charge in [-0.1, -0.05) is 0 Å². The first-order valence-corrected chi connectivity index (χ1v) is 5.68. The minimum absolute atomic E-state index is 0.154. The lowest BCUT2D eigenvalue weighted by atomic mass is 9.97. The van der Waals surface area contributed by atoms with E-state index in [1.165, 1.54) is 0 Å². The van der Waals surface area contributed by atoms with Gasteiger partial charge in [-0.3, -0.25) is 4.90 Å². The Morgan fingerprint density at radius 3 is 2.47 bits per heavy atom. The number of nitrogens with one attached hydrogen (secondary N) is 1. The molecular formula is C10H19F2N3. The average molecular weight is 219 g/mol. The zero-order chi connectivity index (χ0) is 10.9. The predicted molar refractivity (Wildman–Crippen MR) is 55.0 cm³/mol. The van der Waals surface area contributed by atoms with Crippen molar-refractivity contribution in [3.63, 3.8) is 0 Å². The molecule has 0 saturated carbocycles. The molecule has 3 nitrogen and oxygen atoms in total. The Kier molecular flexibility index (Phi) is 3.23. The minimum atomic E-state index is -2.71. The van der Waals surface area contributed by atoms with Gasteiger partial charge in [-0.15, -0.1) is 0 Å². The first-order chi connectivity index (χ1) is 7.09. The smallest absolute Gasteiger partial charge is 0.275 e. The second kappa shape index (κ2) is 4.31. The van der Waals surface area contributed by atoms with E-state index in [2.05, 4.69) is 5.32 Å². The topological polar surface area (TPSA) is 41.3 Å². The lowest BCUT2D eigenvalue weighted by Crippen LogP contribution is -2.58. The Hall–Kier alpha value is -0.260. The number of alkyl halides is 2. The number of nitrogens with two attached hydrogens (primary N) is 1. The summed E-state index contributed by atoms with van der Waals surface area (Å²) in [5.74, 6) is -2.71. The zero-order valence-corrected chi connectivity index (χ0v) is 8.88. The Bertz CT molecular complexity index is 217. The summed E-state index contributed by atoms with van der Waals surface area (Å²) in [4.78, 5) is 1.92. The lowest BCUT2D eigenvalue weighted by Gasteiger charge is -2.42. The van der Waals surface area contributed by atoms with Gasteiger partial charge in [-0.25, -0.2) is 8.78 Å². The molecule has 2 aliphatic heterocycles. The highest BCUT2D eigenvalue weighted by Gasteiger charge is 2.43. The zero-order valence-electron chi connectivity index (χ0n) is 8.88. The molecule has 5 heteroatoms. The third kappa shape index (κ3) is 2.46. The minimum Gasteiger partial charge on any atom is -0.323 e. The molecule has 2 heterocycles. The third-order valence-corrected chi connectivity index (χ3v) is 3.51. The molecule has 15 heavy (non-hydrogen) atoms. The molecule has 0 aromatic rings. The van der Waals surface area contributed by atoms with E-state index in [1.807, 2.05) is 4.90 Å². The van der Waals surface area contributed by atoms with Crippen molar-refractivity contribution >= 4 is 0 Å². The summed E-state index contributed by atoms with van der Waals surface area (Å²) in [7, 11) is 0. The molecule has 0 spiro atoms. The third-order valence-electron chi connectivity index (χ3n) is 3.51. The summed E-state index contributed by atoms with van der Waals surface area (Å²) in [6, 6.07) is -0.625. The van der Waals surface area contributed by atoms with Gasteiger partial charge in [-0.2, -0.15) is 0 Å². The van der Waals surface area contributed by atoms with Crippen molar-refractivity contribution < 1.29 is 8.78 Å². The fourth-order valence-electron chi connectivity index (χ4n) is 2.47. The summed E-state index contributed by atoms with van der Waals surface area (Å²) in [6.07, 6.45) is 2.37. The summed E-state index contributed by atoms with van der Waals surface area (Å²) >= 11 is 0. The van der Waals surface area contributed by atoms with E-state index in [0.29, 0.717) is 12.5 Å². The van der Waals surface area contributed by atoms with Crippen LogP contribution in [0.3, 0.4) is 0 Å². The molecule has 0 amide bonds. The average Bonchev–Trinajstić information content (AvgIpc) is 2.23. The number of hydrogen-bond acceptors (Lipinski definition) is 3. The molecule has 0 bridgehead atoms. The van der Waals surface area contributed by atoms with E-state index in [0.717, 1.165) is 32.5 Å². The molecule has 2 aliphatic rings. The normalized spacial score (nSPS) is 34.2. The van der Waals surface area contributed by atoms with Crippen LogP contribution in [0.15, 0.2) is 0 Å². The van der Waals surface area contributed by atoms with E-state index in [9.17, 15) is 8.78 Å². The molecule has 2 fully saturated rings. The van der Waals surface area contributed by atoms with Crippen molar-refractivity contribution in [3.8, 4) is 0 Å². The van der Waals surface area contributed by atoms with Gasteiger partial charge < -0.3 is 11.1 Å². The van der Waals surface area contributed by atoms with Crippen LogP contribution in [0.2, 0.25) is 0 Å². The fraction of sp³-hybridized carbons (Fsp3) is 1.00. The van der Waals surface area contributed by atoms with E-state index in [1.54, 1.807) is 0 Å². The van der Waals surface area contributed by atoms with Crippen LogP contribution in [0.4, 0.5) is 8.78 Å². The standard InChI is InChI=1S/C10H19F2N3/c11-10(12)7-15(6-3-9(10)13)8-1-4-14-5-2-8/h8-9,14H,1-7,13H2. The molecule has 1 unspecified atom stereocenters. The highest BCUT2D eigenvalue weighted by atomic mass is 19.3. The van der Waals surface area contributed by atoms with Gasteiger partial charge in [-0.05, 0) is 32.4 Å². The van der Waals surface area contributed by atoms with Gasteiger partial charge in [0.1, 0.15) is 0 Å². The van der Waals surface area contributed by atoms with E-state index in [-0.39, 0.29) is 6.54 Å². The molecule has 2 rings (SSSR count). The first kappa shape index (κ1) is 11.2. The first-order valence-electron chi connectivity index (χ1n) is 5.68. The molecule has 2 saturated heterocycles. The van der Waals surface area contributed by atoms with Crippen LogP contribution in [-0.2, 0) is 0 Å². The van der Waals surface area contributed by atoms with E-state index < -0.39 is 12.0 Å². The maximum atomic E-state index is 13.4. The van der Waals surface area contributed by atoms with Gasteiger partial charge >= 0.3 is 0 Å². The summed E-state index contributed by atoms with van der Waals surface area (Å²) in [5.41, 5.74) is 5.42. The SMILES string of the molecule is NC1CCN(C2CCNCC2)CC1(F)F. The number of piperidine rings is 2. The van der Waals surface area contributed by atoms with Crippen LogP contribution in [0.5, 0.6) is 0 Å². The number of rotatable bonds is 1. The monoisotopic (exact) mass is 219 g/mol. The van der Waals surface area contributed by atoms with Gasteiger partial charge in [0.05, 0.1) is 12.6 Å². The Morgan fingerprint density at radius 2 is 1.87 bits per heavy atom. The second-order valence-electron chi connectivity index (χ2n) is 4.61. The summed E-state index contributed by atoms with van der Waals surface area (Å²) in [6.45, 7) is 2.46. The largest absolute Gasteiger partial charge is 0.323 e. The van der Waals surface area contributed by atoms with Crippen LogP contribution in [0.25, 0.3) is 0 Å². The molecule has 0 aliphatic carbocycles. The number of likely N-dealkylation sites (tertiary alicyclic amines) is 1. The fourth-order valence-corrected chi connectivity index (χ4v) is 2.47. The molecule has 88 valence electrons. The molecule has 0 aromatic carbocycles. The Morgan fingerprint density at radius 1 is 1.20 bits per heavy atom. The Balaban J connectivity index is 1.93. The van der Waals surface area contributed by atoms with Gasteiger partial charge in [0.15, 0.2) is 0 Å². The Labute approximate surface area is 89.0 Å². The van der Waals surface area contributed by atoms with Crippen LogP contribution in [0, 0.1) is 0 Å². The highest BCUT2D eigenvalue weighted by molar-refractivity contribution is 4.92. The van der Waals surface area contributed by atoms with Crippen LogP contribution >= 0.6 is 0 Å². The van der Waals surface area contributed by atoms with Crippen LogP contribution in [0.1, 0.15) is 19.3 Å². The molecule has 3 N–H and O–H groups in total. The molecule has 0 radical (unpaired) electrons. The van der Waals surface area contributed by atoms with Crippen molar-refractivity contribution in [2.24, 2.45) is 5.73 Å². The summed E-state index contributed by atoms with van der Waals surface area (Å²) in [5, 5.41) is 3.24.